The Kier molecular flexibility index (Phi) is 7.84. The van der Waals surface area contributed by atoms with E-state index < -0.39 is 0 Å². The molecule has 0 bridgehead atoms. The first-order valence-electron chi connectivity index (χ1n) is 6.79. The monoisotopic (exact) mass is 300 g/mol. The molecular formula is C15H25ClN2S. The van der Waals surface area contributed by atoms with Crippen LogP contribution in [0.2, 0.25) is 5.02 Å². The second-order valence-electron chi connectivity index (χ2n) is 4.91. The van der Waals surface area contributed by atoms with Crippen molar-refractivity contribution in [3.05, 3.63) is 34.9 Å². The Morgan fingerprint density at radius 1 is 1.37 bits per heavy atom. The van der Waals surface area contributed by atoms with Gasteiger partial charge in [0.15, 0.2) is 0 Å². The van der Waals surface area contributed by atoms with Crippen LogP contribution >= 0.6 is 23.4 Å². The lowest BCUT2D eigenvalue weighted by Gasteiger charge is -2.27. The third-order valence-corrected chi connectivity index (χ3v) is 4.61. The van der Waals surface area contributed by atoms with Crippen LogP contribution in [0.15, 0.2) is 24.3 Å². The molecule has 2 atom stereocenters. The Morgan fingerprint density at radius 2 is 2.05 bits per heavy atom. The highest BCUT2D eigenvalue weighted by Crippen LogP contribution is 2.23. The van der Waals surface area contributed by atoms with Gasteiger partial charge in [0, 0.05) is 22.9 Å². The smallest absolute Gasteiger partial charge is 0.0453 e. The molecule has 2 unspecified atom stereocenters. The number of benzene rings is 1. The van der Waals surface area contributed by atoms with Crippen LogP contribution in [0.1, 0.15) is 31.4 Å². The molecule has 108 valence electrons. The van der Waals surface area contributed by atoms with E-state index in [1.807, 2.05) is 36.0 Å². The highest BCUT2D eigenvalue weighted by molar-refractivity contribution is 7.98. The summed E-state index contributed by atoms with van der Waals surface area (Å²) in [6.07, 6.45) is 4.27. The predicted octanol–water partition coefficient (Wildman–Crippen LogP) is 3.80. The van der Waals surface area contributed by atoms with Crippen LogP contribution in [0.25, 0.3) is 0 Å². The Bertz CT molecular complexity index is 373. The summed E-state index contributed by atoms with van der Waals surface area (Å²) >= 11 is 8.08. The van der Waals surface area contributed by atoms with Gasteiger partial charge < -0.3 is 10.6 Å². The fourth-order valence-electron chi connectivity index (χ4n) is 2.21. The van der Waals surface area contributed by atoms with Crippen molar-refractivity contribution in [1.29, 1.82) is 0 Å². The number of rotatable bonds is 8. The second-order valence-corrected chi connectivity index (χ2v) is 6.23. The summed E-state index contributed by atoms with van der Waals surface area (Å²) in [6, 6.07) is 8.51. The maximum absolute atomic E-state index is 6.24. The maximum Gasteiger partial charge on any atom is 0.0453 e. The normalized spacial score (nSPS) is 14.6. The molecule has 0 aliphatic carbocycles. The van der Waals surface area contributed by atoms with E-state index in [2.05, 4.69) is 25.1 Å². The number of nitrogens with two attached hydrogens (primary N) is 1. The molecule has 0 saturated carbocycles. The van der Waals surface area contributed by atoms with E-state index >= 15 is 0 Å². The van der Waals surface area contributed by atoms with Gasteiger partial charge in [0.2, 0.25) is 0 Å². The van der Waals surface area contributed by atoms with E-state index in [-0.39, 0.29) is 6.04 Å². The average Bonchev–Trinajstić information content (AvgIpc) is 2.42. The van der Waals surface area contributed by atoms with Gasteiger partial charge in [-0.3, -0.25) is 0 Å². The van der Waals surface area contributed by atoms with Crippen molar-refractivity contribution in [1.82, 2.24) is 4.90 Å². The van der Waals surface area contributed by atoms with Crippen molar-refractivity contribution >= 4 is 23.4 Å². The van der Waals surface area contributed by atoms with Gasteiger partial charge in [-0.1, -0.05) is 36.7 Å². The van der Waals surface area contributed by atoms with Gasteiger partial charge in [0.05, 0.1) is 0 Å². The minimum atomic E-state index is 0.0166. The second kappa shape index (κ2) is 8.85. The van der Waals surface area contributed by atoms with E-state index in [0.717, 1.165) is 23.6 Å². The van der Waals surface area contributed by atoms with Gasteiger partial charge in [-0.25, -0.2) is 0 Å². The summed E-state index contributed by atoms with van der Waals surface area (Å²) in [4.78, 5) is 2.41. The highest BCUT2D eigenvalue weighted by atomic mass is 35.5. The summed E-state index contributed by atoms with van der Waals surface area (Å²) in [7, 11) is 2.18. The minimum Gasteiger partial charge on any atom is -0.324 e. The van der Waals surface area contributed by atoms with Crippen LogP contribution in [0.4, 0.5) is 0 Å². The molecule has 19 heavy (non-hydrogen) atoms. The lowest BCUT2D eigenvalue weighted by molar-refractivity contribution is 0.247. The molecular weight excluding hydrogens is 276 g/mol. The topological polar surface area (TPSA) is 29.3 Å². The molecule has 2 nitrogen and oxygen atoms in total. The fourth-order valence-corrected chi connectivity index (χ4v) is 3.36. The lowest BCUT2D eigenvalue weighted by Crippen LogP contribution is -2.35. The van der Waals surface area contributed by atoms with E-state index in [1.165, 1.54) is 12.2 Å². The van der Waals surface area contributed by atoms with Crippen molar-refractivity contribution in [2.24, 2.45) is 5.73 Å². The minimum absolute atomic E-state index is 0.0166. The number of thioether (sulfide) groups is 1. The molecule has 0 heterocycles. The molecule has 0 radical (unpaired) electrons. The predicted molar refractivity (Wildman–Crippen MR) is 88.1 cm³/mol. The van der Waals surface area contributed by atoms with Gasteiger partial charge in [-0.2, -0.15) is 11.8 Å². The largest absolute Gasteiger partial charge is 0.324 e. The van der Waals surface area contributed by atoms with Crippen LogP contribution in [0, 0.1) is 0 Å². The number of halogens is 1. The van der Waals surface area contributed by atoms with Crippen LogP contribution in [0.3, 0.4) is 0 Å². The lowest BCUT2D eigenvalue weighted by atomic mass is 10.0. The zero-order valence-corrected chi connectivity index (χ0v) is 13.7. The number of hydrogen-bond donors (Lipinski definition) is 1. The van der Waals surface area contributed by atoms with Gasteiger partial charge in [-0.05, 0) is 44.3 Å². The van der Waals surface area contributed by atoms with Crippen molar-refractivity contribution in [2.45, 2.75) is 31.8 Å². The molecule has 0 saturated heterocycles. The van der Waals surface area contributed by atoms with Crippen molar-refractivity contribution in [3.8, 4) is 0 Å². The van der Waals surface area contributed by atoms with E-state index in [4.69, 9.17) is 17.3 Å². The van der Waals surface area contributed by atoms with Crippen LogP contribution in [0.5, 0.6) is 0 Å². The van der Waals surface area contributed by atoms with Crippen molar-refractivity contribution in [3.63, 3.8) is 0 Å². The first-order chi connectivity index (χ1) is 9.10. The quantitative estimate of drug-likeness (QED) is 0.792. The molecule has 1 aromatic rings. The molecule has 0 amide bonds. The zero-order valence-electron chi connectivity index (χ0n) is 12.1. The highest BCUT2D eigenvalue weighted by Gasteiger charge is 2.15. The summed E-state index contributed by atoms with van der Waals surface area (Å²) in [5, 5.41) is 0.772. The Hall–Kier alpha value is -0.220. The Morgan fingerprint density at radius 3 is 2.63 bits per heavy atom. The van der Waals surface area contributed by atoms with Gasteiger partial charge >= 0.3 is 0 Å². The molecule has 0 aromatic heterocycles. The van der Waals surface area contributed by atoms with Gasteiger partial charge in [0.1, 0.15) is 0 Å². The SMILES string of the molecule is CCC(CSC)N(C)CCC(N)c1ccccc1Cl. The zero-order chi connectivity index (χ0) is 14.3. The summed E-state index contributed by atoms with van der Waals surface area (Å²) in [5.74, 6) is 1.17. The first kappa shape index (κ1) is 16.8. The van der Waals surface area contributed by atoms with E-state index in [1.54, 1.807) is 0 Å². The molecule has 4 heteroatoms. The average molecular weight is 301 g/mol. The van der Waals surface area contributed by atoms with Crippen molar-refractivity contribution in [2.75, 3.05) is 25.6 Å². The first-order valence-corrected chi connectivity index (χ1v) is 8.56. The Labute approximate surface area is 126 Å². The molecule has 0 spiro atoms. The summed E-state index contributed by atoms with van der Waals surface area (Å²) in [6.45, 7) is 3.25. The van der Waals surface area contributed by atoms with E-state index in [9.17, 15) is 0 Å². The third kappa shape index (κ3) is 5.35. The van der Waals surface area contributed by atoms with Gasteiger partial charge in [0.25, 0.3) is 0 Å². The van der Waals surface area contributed by atoms with Crippen LogP contribution in [-0.2, 0) is 0 Å². The van der Waals surface area contributed by atoms with Gasteiger partial charge in [-0.15, -0.1) is 0 Å². The van der Waals surface area contributed by atoms with E-state index in [0.29, 0.717) is 6.04 Å². The number of nitrogens with zero attached hydrogens (tertiary/aromatic N) is 1. The summed E-state index contributed by atoms with van der Waals surface area (Å²) < 4.78 is 0. The Balaban J connectivity index is 2.50. The standard InChI is InChI=1S/C15H25ClN2S/c1-4-12(11-19-3)18(2)10-9-15(17)13-7-5-6-8-14(13)16/h5-8,12,15H,4,9-11,17H2,1-3H3. The molecule has 0 fully saturated rings. The molecule has 1 rings (SSSR count). The van der Waals surface area contributed by atoms with Crippen LogP contribution < -0.4 is 5.73 Å². The van der Waals surface area contributed by atoms with Crippen LogP contribution in [-0.4, -0.2) is 36.5 Å². The number of hydrogen-bond acceptors (Lipinski definition) is 3. The third-order valence-electron chi connectivity index (χ3n) is 3.55. The maximum atomic E-state index is 6.24. The van der Waals surface area contributed by atoms with Crippen molar-refractivity contribution < 1.29 is 0 Å². The molecule has 1 aromatic carbocycles. The summed E-state index contributed by atoms with van der Waals surface area (Å²) in [5.41, 5.74) is 7.29. The molecule has 0 aliphatic rings. The molecule has 2 N–H and O–H groups in total. The fraction of sp³-hybridized carbons (Fsp3) is 0.600. The molecule has 0 aliphatic heterocycles.